The van der Waals surface area contributed by atoms with Crippen molar-refractivity contribution in [1.29, 1.82) is 5.26 Å². The number of hydrogen-bond donors (Lipinski definition) is 0. The Bertz CT molecular complexity index is 769. The van der Waals surface area contributed by atoms with E-state index in [4.69, 9.17) is 5.26 Å². The van der Waals surface area contributed by atoms with Crippen LogP contribution in [-0.2, 0) is 4.79 Å². The molecule has 1 aliphatic rings. The van der Waals surface area contributed by atoms with Crippen LogP contribution in [0.5, 0.6) is 0 Å². The summed E-state index contributed by atoms with van der Waals surface area (Å²) in [5, 5.41) is 8.81. The van der Waals surface area contributed by atoms with Gasteiger partial charge in [0.1, 0.15) is 23.7 Å². The minimum Gasteiger partial charge on any atom is -0.348 e. The van der Waals surface area contributed by atoms with E-state index in [0.717, 1.165) is 0 Å². The topological polar surface area (TPSA) is 60.2 Å². The van der Waals surface area contributed by atoms with Crippen LogP contribution in [0.15, 0.2) is 42.6 Å². The molecule has 0 bridgehead atoms. The molecule has 5 nitrogen and oxygen atoms in total. The van der Waals surface area contributed by atoms with Crippen molar-refractivity contribution < 1.29 is 9.18 Å². The van der Waals surface area contributed by atoms with Crippen LogP contribution in [0.25, 0.3) is 0 Å². The fourth-order valence-electron chi connectivity index (χ4n) is 2.75. The molecule has 1 fully saturated rings. The van der Waals surface area contributed by atoms with Gasteiger partial charge in [0.2, 0.25) is 5.91 Å². The number of carbonyl (C=O) groups is 1. The molecule has 1 amide bonds. The smallest absolute Gasteiger partial charge is 0.249 e. The highest BCUT2D eigenvalue weighted by Gasteiger charge is 2.36. The molecule has 2 aromatic rings. The molecule has 0 saturated carbocycles. The molecule has 0 aliphatic carbocycles. The zero-order chi connectivity index (χ0) is 16.4. The number of benzene rings is 1. The SMILES string of the molecule is CN(c1ccc(C#N)cn1)[C@H]1CCN(c2ccccc2F)C1=O. The minimum absolute atomic E-state index is 0.149. The van der Waals surface area contributed by atoms with Gasteiger partial charge in [0, 0.05) is 19.8 Å². The van der Waals surface area contributed by atoms with Gasteiger partial charge in [-0.25, -0.2) is 9.37 Å². The van der Waals surface area contributed by atoms with Crippen molar-refractivity contribution in [2.45, 2.75) is 12.5 Å². The molecule has 1 aliphatic heterocycles. The number of para-hydroxylation sites is 1. The van der Waals surface area contributed by atoms with E-state index in [-0.39, 0.29) is 5.91 Å². The Balaban J connectivity index is 1.81. The number of likely N-dealkylation sites (N-methyl/N-ethyl adjacent to an activating group) is 1. The maximum absolute atomic E-state index is 13.9. The largest absolute Gasteiger partial charge is 0.348 e. The Kier molecular flexibility index (Phi) is 3.94. The standard InChI is InChI=1S/C17H15FN4O/c1-21(16-7-6-12(10-19)11-20-16)15-8-9-22(17(15)23)14-5-3-2-4-13(14)18/h2-7,11,15H,8-9H2,1H3/t15-/m0/s1. The molecule has 23 heavy (non-hydrogen) atoms. The number of aromatic nitrogens is 1. The maximum atomic E-state index is 13.9. The van der Waals surface area contributed by atoms with Gasteiger partial charge < -0.3 is 9.80 Å². The molecule has 0 spiro atoms. The van der Waals surface area contributed by atoms with Crippen molar-refractivity contribution in [1.82, 2.24) is 4.98 Å². The lowest BCUT2D eigenvalue weighted by molar-refractivity contribution is -0.118. The molecule has 1 saturated heterocycles. The first kappa shape index (κ1) is 15.0. The summed E-state index contributed by atoms with van der Waals surface area (Å²) in [6, 6.07) is 11.3. The number of pyridine rings is 1. The van der Waals surface area contributed by atoms with Crippen LogP contribution in [0.1, 0.15) is 12.0 Å². The molecule has 3 rings (SSSR count). The summed E-state index contributed by atoms with van der Waals surface area (Å²) >= 11 is 0. The number of carbonyl (C=O) groups excluding carboxylic acids is 1. The van der Waals surface area contributed by atoms with Gasteiger partial charge in [0.25, 0.3) is 0 Å². The van der Waals surface area contributed by atoms with E-state index in [1.165, 1.54) is 17.2 Å². The van der Waals surface area contributed by atoms with E-state index < -0.39 is 11.9 Å². The first-order chi connectivity index (χ1) is 11.1. The van der Waals surface area contributed by atoms with Gasteiger partial charge in [0.05, 0.1) is 11.3 Å². The molecule has 1 aromatic carbocycles. The van der Waals surface area contributed by atoms with Crippen LogP contribution in [-0.4, -0.2) is 30.5 Å². The number of amides is 1. The summed E-state index contributed by atoms with van der Waals surface area (Å²) in [7, 11) is 1.78. The summed E-state index contributed by atoms with van der Waals surface area (Å²) in [6.45, 7) is 0.463. The lowest BCUT2D eigenvalue weighted by Crippen LogP contribution is -2.40. The van der Waals surface area contributed by atoms with Gasteiger partial charge in [-0.3, -0.25) is 4.79 Å². The monoisotopic (exact) mass is 310 g/mol. The molecule has 0 N–H and O–H groups in total. The zero-order valence-corrected chi connectivity index (χ0v) is 12.6. The number of anilines is 2. The third-order valence-electron chi connectivity index (χ3n) is 4.03. The lowest BCUT2D eigenvalue weighted by Gasteiger charge is -2.25. The van der Waals surface area contributed by atoms with Crippen molar-refractivity contribution in [2.75, 3.05) is 23.4 Å². The van der Waals surface area contributed by atoms with Gasteiger partial charge >= 0.3 is 0 Å². The Morgan fingerprint density at radius 2 is 2.13 bits per heavy atom. The fourth-order valence-corrected chi connectivity index (χ4v) is 2.75. The Morgan fingerprint density at radius 3 is 2.78 bits per heavy atom. The van der Waals surface area contributed by atoms with Crippen molar-refractivity contribution >= 4 is 17.4 Å². The average Bonchev–Trinajstić information content (AvgIpc) is 2.96. The van der Waals surface area contributed by atoms with Crippen LogP contribution in [0.3, 0.4) is 0 Å². The molecule has 0 radical (unpaired) electrons. The van der Waals surface area contributed by atoms with Crippen molar-refractivity contribution in [2.24, 2.45) is 0 Å². The number of rotatable bonds is 3. The molecule has 0 unspecified atom stereocenters. The van der Waals surface area contributed by atoms with Gasteiger partial charge in [0.15, 0.2) is 0 Å². The zero-order valence-electron chi connectivity index (χ0n) is 12.6. The van der Waals surface area contributed by atoms with E-state index in [2.05, 4.69) is 4.98 Å². The molecular weight excluding hydrogens is 295 g/mol. The summed E-state index contributed by atoms with van der Waals surface area (Å²) in [6.07, 6.45) is 2.06. The Labute approximate surface area is 133 Å². The van der Waals surface area contributed by atoms with Crippen molar-refractivity contribution in [3.63, 3.8) is 0 Å². The molecular formula is C17H15FN4O. The van der Waals surface area contributed by atoms with E-state index in [0.29, 0.717) is 30.0 Å². The van der Waals surface area contributed by atoms with Gasteiger partial charge in [-0.05, 0) is 30.7 Å². The first-order valence-corrected chi connectivity index (χ1v) is 7.26. The second-order valence-corrected chi connectivity index (χ2v) is 5.37. The van der Waals surface area contributed by atoms with E-state index in [1.807, 2.05) is 6.07 Å². The van der Waals surface area contributed by atoms with Gasteiger partial charge in [-0.15, -0.1) is 0 Å². The van der Waals surface area contributed by atoms with E-state index in [1.54, 1.807) is 42.3 Å². The highest BCUT2D eigenvalue weighted by Crippen LogP contribution is 2.27. The number of hydrogen-bond acceptors (Lipinski definition) is 4. The molecule has 116 valence electrons. The molecule has 2 heterocycles. The predicted octanol–water partition coefficient (Wildman–Crippen LogP) is 2.33. The maximum Gasteiger partial charge on any atom is 0.249 e. The fraction of sp³-hybridized carbons (Fsp3) is 0.235. The summed E-state index contributed by atoms with van der Waals surface area (Å²) in [4.78, 5) is 20.1. The third kappa shape index (κ3) is 2.73. The highest BCUT2D eigenvalue weighted by molar-refractivity contribution is 6.01. The number of halogens is 1. The lowest BCUT2D eigenvalue weighted by atomic mass is 10.2. The highest BCUT2D eigenvalue weighted by atomic mass is 19.1. The number of nitrogens with zero attached hydrogens (tertiary/aromatic N) is 4. The minimum atomic E-state index is -0.402. The quantitative estimate of drug-likeness (QED) is 0.873. The van der Waals surface area contributed by atoms with E-state index >= 15 is 0 Å². The second-order valence-electron chi connectivity index (χ2n) is 5.37. The van der Waals surface area contributed by atoms with Crippen LogP contribution in [0, 0.1) is 17.1 Å². The normalized spacial score (nSPS) is 17.2. The second kappa shape index (κ2) is 6.05. The van der Waals surface area contributed by atoms with Crippen LogP contribution < -0.4 is 9.80 Å². The Morgan fingerprint density at radius 1 is 1.35 bits per heavy atom. The molecule has 1 atom stereocenters. The first-order valence-electron chi connectivity index (χ1n) is 7.26. The summed E-state index contributed by atoms with van der Waals surface area (Å²) < 4.78 is 13.9. The third-order valence-corrected chi connectivity index (χ3v) is 4.03. The van der Waals surface area contributed by atoms with E-state index in [9.17, 15) is 9.18 Å². The van der Waals surface area contributed by atoms with Crippen LogP contribution in [0.2, 0.25) is 0 Å². The van der Waals surface area contributed by atoms with Crippen LogP contribution >= 0.6 is 0 Å². The predicted molar refractivity (Wildman–Crippen MR) is 84.5 cm³/mol. The average molecular weight is 310 g/mol. The molecule has 1 aromatic heterocycles. The van der Waals surface area contributed by atoms with Crippen molar-refractivity contribution in [3.8, 4) is 6.07 Å². The van der Waals surface area contributed by atoms with Gasteiger partial charge in [-0.1, -0.05) is 12.1 Å². The van der Waals surface area contributed by atoms with Gasteiger partial charge in [-0.2, -0.15) is 5.26 Å². The molecule has 6 heteroatoms. The Hall–Kier alpha value is -2.94. The summed E-state index contributed by atoms with van der Waals surface area (Å²) in [5.41, 5.74) is 0.772. The van der Waals surface area contributed by atoms with Crippen LogP contribution in [0.4, 0.5) is 15.9 Å². The summed E-state index contributed by atoms with van der Waals surface area (Å²) in [5.74, 6) is 0.0575. The number of nitriles is 1. The van der Waals surface area contributed by atoms with Crippen molar-refractivity contribution in [3.05, 3.63) is 54.0 Å².